The lowest BCUT2D eigenvalue weighted by molar-refractivity contribution is -0.274. The van der Waals surface area contributed by atoms with Crippen LogP contribution < -0.4 is 20.3 Å². The molecule has 0 spiro atoms. The third-order valence-corrected chi connectivity index (χ3v) is 6.62. The first kappa shape index (κ1) is 29.1. The number of ether oxygens (including phenoxy) is 1. The molecule has 3 amide bonds. The summed E-state index contributed by atoms with van der Waals surface area (Å²) in [7, 11) is 0. The SMILES string of the molecule is Cc1ccccc1C(=O)CN1C(=O)[C@@H](NC(=O)Nc2ccc(OC(F)(F)F)cc2)N=C(c2ccccc2)c2ccccc21. The highest BCUT2D eigenvalue weighted by molar-refractivity contribution is 6.21. The number of rotatable bonds is 7. The van der Waals surface area contributed by atoms with Crippen molar-refractivity contribution < 1.29 is 32.3 Å². The molecule has 1 aliphatic heterocycles. The summed E-state index contributed by atoms with van der Waals surface area (Å²) < 4.78 is 41.3. The van der Waals surface area contributed by atoms with Crippen LogP contribution >= 0.6 is 0 Å². The van der Waals surface area contributed by atoms with Gasteiger partial charge in [0.05, 0.1) is 17.9 Å². The van der Waals surface area contributed by atoms with Crippen LogP contribution in [0.2, 0.25) is 0 Å². The second-order valence-electron chi connectivity index (χ2n) is 9.60. The molecule has 0 radical (unpaired) electrons. The van der Waals surface area contributed by atoms with E-state index >= 15 is 0 Å². The normalized spacial score (nSPS) is 14.7. The van der Waals surface area contributed by atoms with E-state index in [4.69, 9.17) is 0 Å². The van der Waals surface area contributed by atoms with Crippen LogP contribution in [0, 0.1) is 6.92 Å². The zero-order chi connectivity index (χ0) is 30.6. The van der Waals surface area contributed by atoms with E-state index in [2.05, 4.69) is 20.4 Å². The fourth-order valence-electron chi connectivity index (χ4n) is 4.66. The Hall–Kier alpha value is -5.45. The number of aryl methyl sites for hydroxylation is 1. The molecule has 4 aromatic carbocycles. The summed E-state index contributed by atoms with van der Waals surface area (Å²) in [5.41, 5.74) is 3.50. The molecule has 8 nitrogen and oxygen atoms in total. The number of aliphatic imine (C=N–C) groups is 1. The van der Waals surface area contributed by atoms with Crippen LogP contribution in [0.1, 0.15) is 27.0 Å². The van der Waals surface area contributed by atoms with E-state index in [1.807, 2.05) is 36.4 Å². The number of hydrogen-bond acceptors (Lipinski definition) is 5. The molecule has 2 N–H and O–H groups in total. The van der Waals surface area contributed by atoms with Crippen molar-refractivity contribution in [2.24, 2.45) is 4.99 Å². The smallest absolute Gasteiger partial charge is 0.406 e. The summed E-state index contributed by atoms with van der Waals surface area (Å²) in [6.07, 6.45) is -6.30. The fraction of sp³-hybridized carbons (Fsp3) is 0.125. The number of anilines is 2. The summed E-state index contributed by atoms with van der Waals surface area (Å²) in [6, 6.07) is 26.8. The Bertz CT molecular complexity index is 1690. The molecule has 0 saturated heterocycles. The predicted octanol–water partition coefficient (Wildman–Crippen LogP) is 6.11. The summed E-state index contributed by atoms with van der Waals surface area (Å²) >= 11 is 0. The van der Waals surface area contributed by atoms with Gasteiger partial charge in [-0.15, -0.1) is 13.2 Å². The number of carbonyl (C=O) groups excluding carboxylic acids is 3. The molecule has 1 heterocycles. The lowest BCUT2D eigenvalue weighted by Gasteiger charge is -2.25. The molecule has 218 valence electrons. The summed E-state index contributed by atoms with van der Waals surface area (Å²) in [5, 5.41) is 5.04. The Morgan fingerprint density at radius 1 is 0.884 bits per heavy atom. The van der Waals surface area contributed by atoms with E-state index in [-0.39, 0.29) is 18.0 Å². The Kier molecular flexibility index (Phi) is 8.24. The van der Waals surface area contributed by atoms with Crippen LogP contribution in [0.3, 0.4) is 0 Å². The number of benzodiazepines with no additional fused rings is 1. The molecule has 0 aliphatic carbocycles. The van der Waals surface area contributed by atoms with Crippen LogP contribution in [0.15, 0.2) is 108 Å². The van der Waals surface area contributed by atoms with E-state index in [1.54, 1.807) is 49.4 Å². The highest BCUT2D eigenvalue weighted by Crippen LogP contribution is 2.29. The van der Waals surface area contributed by atoms with Gasteiger partial charge in [0.25, 0.3) is 5.91 Å². The molecular formula is C32H25F3N4O4. The van der Waals surface area contributed by atoms with Gasteiger partial charge in [0, 0.05) is 22.4 Å². The number of fused-ring (bicyclic) bond motifs is 1. The fourth-order valence-corrected chi connectivity index (χ4v) is 4.66. The minimum absolute atomic E-state index is 0.148. The Morgan fingerprint density at radius 3 is 2.23 bits per heavy atom. The molecule has 1 aliphatic rings. The number of ketones is 1. The second-order valence-corrected chi connectivity index (χ2v) is 9.60. The van der Waals surface area contributed by atoms with Crippen molar-refractivity contribution in [1.82, 2.24) is 5.32 Å². The molecule has 0 unspecified atom stereocenters. The lowest BCUT2D eigenvalue weighted by Crippen LogP contribution is -2.50. The zero-order valence-electron chi connectivity index (χ0n) is 22.8. The van der Waals surface area contributed by atoms with Crippen LogP contribution in [0.25, 0.3) is 0 Å². The first-order chi connectivity index (χ1) is 20.6. The quantitative estimate of drug-likeness (QED) is 0.255. The molecule has 0 aromatic heterocycles. The van der Waals surface area contributed by atoms with Crippen molar-refractivity contribution in [2.75, 3.05) is 16.8 Å². The standard InChI is InChI=1S/C32H25F3N4O4/c1-20-9-5-6-12-24(20)27(40)19-39-26-14-8-7-13-25(26)28(21-10-3-2-4-11-21)37-29(30(39)41)38-31(42)36-22-15-17-23(18-16-22)43-32(33,34)35/h2-18,29H,19H2,1H3,(H2,36,38,42)/t29-/m1/s1. The topological polar surface area (TPSA) is 100 Å². The average Bonchev–Trinajstić information content (AvgIpc) is 3.09. The second kappa shape index (κ2) is 12.2. The minimum Gasteiger partial charge on any atom is -0.406 e. The highest BCUT2D eigenvalue weighted by Gasteiger charge is 2.34. The van der Waals surface area contributed by atoms with Gasteiger partial charge in [0.1, 0.15) is 5.75 Å². The maximum absolute atomic E-state index is 14.0. The van der Waals surface area contributed by atoms with E-state index in [1.165, 1.54) is 17.0 Å². The molecule has 0 bridgehead atoms. The predicted molar refractivity (Wildman–Crippen MR) is 155 cm³/mol. The third kappa shape index (κ3) is 6.89. The largest absolute Gasteiger partial charge is 0.573 e. The summed E-state index contributed by atoms with van der Waals surface area (Å²) in [4.78, 5) is 46.4. The Morgan fingerprint density at radius 2 is 1.53 bits per heavy atom. The van der Waals surface area contributed by atoms with Gasteiger partial charge >= 0.3 is 12.4 Å². The number of carbonyl (C=O) groups is 3. The van der Waals surface area contributed by atoms with Crippen molar-refractivity contribution in [3.05, 3.63) is 125 Å². The third-order valence-electron chi connectivity index (χ3n) is 6.62. The first-order valence-corrected chi connectivity index (χ1v) is 13.2. The van der Waals surface area contributed by atoms with Crippen LogP contribution in [0.5, 0.6) is 5.75 Å². The highest BCUT2D eigenvalue weighted by atomic mass is 19.4. The van der Waals surface area contributed by atoms with Gasteiger partial charge in [-0.25, -0.2) is 9.79 Å². The molecule has 43 heavy (non-hydrogen) atoms. The molecule has 0 saturated carbocycles. The van der Waals surface area contributed by atoms with E-state index in [9.17, 15) is 27.6 Å². The molecule has 4 aromatic rings. The van der Waals surface area contributed by atoms with Crippen molar-refractivity contribution >= 4 is 34.8 Å². The first-order valence-electron chi connectivity index (χ1n) is 13.2. The summed E-state index contributed by atoms with van der Waals surface area (Å²) in [5.74, 6) is -1.40. The summed E-state index contributed by atoms with van der Waals surface area (Å²) in [6.45, 7) is 1.50. The van der Waals surface area contributed by atoms with Gasteiger partial charge in [-0.05, 0) is 42.8 Å². The van der Waals surface area contributed by atoms with Crippen molar-refractivity contribution in [2.45, 2.75) is 19.5 Å². The van der Waals surface area contributed by atoms with Gasteiger partial charge in [-0.2, -0.15) is 0 Å². The van der Waals surface area contributed by atoms with Gasteiger partial charge in [-0.1, -0.05) is 72.8 Å². The Balaban J connectivity index is 1.47. The van der Waals surface area contributed by atoms with Gasteiger partial charge in [-0.3, -0.25) is 9.59 Å². The minimum atomic E-state index is -4.86. The monoisotopic (exact) mass is 586 g/mol. The number of amides is 3. The number of Topliss-reactive ketones (excluding diaryl/α,β-unsaturated/α-hetero) is 1. The molecule has 1 atom stereocenters. The molecule has 11 heteroatoms. The number of hydrogen-bond donors (Lipinski definition) is 2. The Labute approximate surface area is 244 Å². The lowest BCUT2D eigenvalue weighted by atomic mass is 9.99. The molecular weight excluding hydrogens is 561 g/mol. The number of urea groups is 1. The average molecular weight is 587 g/mol. The maximum atomic E-state index is 14.0. The van der Waals surface area contributed by atoms with Crippen molar-refractivity contribution in [3.8, 4) is 5.75 Å². The van der Waals surface area contributed by atoms with Crippen LogP contribution in [0.4, 0.5) is 29.3 Å². The maximum Gasteiger partial charge on any atom is 0.573 e. The van der Waals surface area contributed by atoms with Crippen molar-refractivity contribution in [3.63, 3.8) is 0 Å². The number of halogens is 3. The molecule has 5 rings (SSSR count). The van der Waals surface area contributed by atoms with E-state index in [0.29, 0.717) is 28.1 Å². The van der Waals surface area contributed by atoms with E-state index in [0.717, 1.165) is 17.7 Å². The van der Waals surface area contributed by atoms with Gasteiger partial charge in [0.2, 0.25) is 6.17 Å². The number of benzene rings is 4. The van der Waals surface area contributed by atoms with Gasteiger partial charge in [0.15, 0.2) is 5.78 Å². The van der Waals surface area contributed by atoms with Crippen LogP contribution in [-0.4, -0.2) is 42.5 Å². The van der Waals surface area contributed by atoms with Crippen LogP contribution in [-0.2, 0) is 4.79 Å². The zero-order valence-corrected chi connectivity index (χ0v) is 22.8. The van der Waals surface area contributed by atoms with E-state index < -0.39 is 30.2 Å². The number of para-hydroxylation sites is 1. The molecule has 0 fully saturated rings. The van der Waals surface area contributed by atoms with Crippen molar-refractivity contribution in [1.29, 1.82) is 0 Å². The number of nitrogens with one attached hydrogen (secondary N) is 2. The number of alkyl halides is 3. The number of nitrogens with zero attached hydrogens (tertiary/aromatic N) is 2. The van der Waals surface area contributed by atoms with Gasteiger partial charge < -0.3 is 20.3 Å².